The molecule has 0 aliphatic rings. The summed E-state index contributed by atoms with van der Waals surface area (Å²) in [5, 5.41) is 8.57. The van der Waals surface area contributed by atoms with E-state index in [-0.39, 0.29) is 18.8 Å². The zero-order valence-corrected chi connectivity index (χ0v) is 13.5. The van der Waals surface area contributed by atoms with Crippen LogP contribution in [0.15, 0.2) is 0 Å². The first-order chi connectivity index (χ1) is 10.1. The third-order valence-electron chi connectivity index (χ3n) is 3.01. The van der Waals surface area contributed by atoms with Crippen LogP contribution in [-0.4, -0.2) is 56.5 Å². The molecule has 2 atom stereocenters. The summed E-state index contributed by atoms with van der Waals surface area (Å²) in [5.74, 6) is 0. The van der Waals surface area contributed by atoms with Gasteiger partial charge in [-0.25, -0.2) is 4.79 Å². The maximum absolute atomic E-state index is 10.5. The Kier molecular flexibility index (Phi) is 13.5. The van der Waals surface area contributed by atoms with E-state index in [1.165, 1.54) is 0 Å². The predicted molar refractivity (Wildman–Crippen MR) is 79.8 cm³/mol. The second-order valence-electron chi connectivity index (χ2n) is 4.77. The predicted octanol–water partition coefficient (Wildman–Crippen LogP) is 3.09. The molecule has 126 valence electrons. The third kappa shape index (κ3) is 12.6. The largest absolute Gasteiger partial charge is 0.505 e. The van der Waals surface area contributed by atoms with Crippen molar-refractivity contribution >= 4 is 6.16 Å². The van der Waals surface area contributed by atoms with E-state index >= 15 is 0 Å². The monoisotopic (exact) mass is 306 g/mol. The Morgan fingerprint density at radius 3 is 2.38 bits per heavy atom. The van der Waals surface area contributed by atoms with Gasteiger partial charge in [0.2, 0.25) is 0 Å². The van der Waals surface area contributed by atoms with Gasteiger partial charge in [-0.2, -0.15) is 0 Å². The molecule has 6 nitrogen and oxygen atoms in total. The summed E-state index contributed by atoms with van der Waals surface area (Å²) < 4.78 is 21.3. The summed E-state index contributed by atoms with van der Waals surface area (Å²) in [5.41, 5.74) is 0. The molecule has 0 radical (unpaired) electrons. The van der Waals surface area contributed by atoms with Gasteiger partial charge in [0.15, 0.2) is 0 Å². The smallest absolute Gasteiger partial charge is 0.450 e. The summed E-state index contributed by atoms with van der Waals surface area (Å²) in [6.07, 6.45) is 2.06. The molecule has 0 heterocycles. The molecule has 2 unspecified atom stereocenters. The van der Waals surface area contributed by atoms with Crippen LogP contribution in [-0.2, 0) is 18.9 Å². The molecular formula is C15H30O6. The molecule has 1 N–H and O–H groups in total. The van der Waals surface area contributed by atoms with Gasteiger partial charge in [0.05, 0.1) is 18.8 Å². The quantitative estimate of drug-likeness (QED) is 0.393. The Morgan fingerprint density at radius 2 is 1.81 bits per heavy atom. The standard InChI is InChI=1S/C15H30O6/c1-4-7-9-19-13(5-2)11-20-14(8-10-18-6-3)12-21-15(16)17/h13-14H,4-12H2,1-3H3,(H,16,17). The van der Waals surface area contributed by atoms with E-state index in [4.69, 9.17) is 19.3 Å². The fourth-order valence-corrected chi connectivity index (χ4v) is 1.66. The van der Waals surface area contributed by atoms with E-state index in [2.05, 4.69) is 11.7 Å². The number of hydrogen-bond donors (Lipinski definition) is 1. The van der Waals surface area contributed by atoms with E-state index in [1.54, 1.807) is 0 Å². The average molecular weight is 306 g/mol. The lowest BCUT2D eigenvalue weighted by Gasteiger charge is -2.21. The number of rotatable bonds is 14. The maximum Gasteiger partial charge on any atom is 0.505 e. The summed E-state index contributed by atoms with van der Waals surface area (Å²) >= 11 is 0. The minimum Gasteiger partial charge on any atom is -0.450 e. The van der Waals surface area contributed by atoms with Gasteiger partial charge in [0.1, 0.15) is 6.61 Å². The van der Waals surface area contributed by atoms with Crippen LogP contribution in [0.3, 0.4) is 0 Å². The van der Waals surface area contributed by atoms with Crippen LogP contribution in [0.1, 0.15) is 46.5 Å². The molecule has 0 aromatic carbocycles. The lowest BCUT2D eigenvalue weighted by atomic mass is 10.2. The SMILES string of the molecule is CCCCOC(CC)COC(CCOCC)COC(=O)O. The van der Waals surface area contributed by atoms with Crippen molar-refractivity contribution in [3.63, 3.8) is 0 Å². The van der Waals surface area contributed by atoms with Crippen molar-refractivity contribution in [2.24, 2.45) is 0 Å². The Hall–Kier alpha value is -0.850. The first kappa shape index (κ1) is 20.1. The summed E-state index contributed by atoms with van der Waals surface area (Å²) in [4.78, 5) is 10.5. The molecule has 0 aliphatic heterocycles. The van der Waals surface area contributed by atoms with Crippen molar-refractivity contribution in [3.05, 3.63) is 0 Å². The molecule has 0 saturated heterocycles. The number of hydrogen-bond acceptors (Lipinski definition) is 5. The van der Waals surface area contributed by atoms with Crippen LogP contribution in [0.2, 0.25) is 0 Å². The Labute approximate surface area is 127 Å². The fourth-order valence-electron chi connectivity index (χ4n) is 1.66. The van der Waals surface area contributed by atoms with Gasteiger partial charge in [-0.1, -0.05) is 20.3 Å². The Morgan fingerprint density at radius 1 is 1.05 bits per heavy atom. The highest BCUT2D eigenvalue weighted by Crippen LogP contribution is 2.07. The van der Waals surface area contributed by atoms with Gasteiger partial charge in [0, 0.05) is 26.2 Å². The van der Waals surface area contributed by atoms with Gasteiger partial charge in [0.25, 0.3) is 0 Å². The van der Waals surface area contributed by atoms with Crippen molar-refractivity contribution in [3.8, 4) is 0 Å². The Balaban J connectivity index is 4.06. The highest BCUT2D eigenvalue weighted by atomic mass is 16.7. The molecule has 0 saturated carbocycles. The summed E-state index contributed by atoms with van der Waals surface area (Å²) in [6.45, 7) is 8.43. The minimum atomic E-state index is -1.29. The van der Waals surface area contributed by atoms with Crippen molar-refractivity contribution in [2.45, 2.75) is 58.7 Å². The number of unbranched alkanes of at least 4 members (excludes halogenated alkanes) is 1. The number of carbonyl (C=O) groups is 1. The topological polar surface area (TPSA) is 74.2 Å². The summed E-state index contributed by atoms with van der Waals surface area (Å²) in [7, 11) is 0. The van der Waals surface area contributed by atoms with E-state index < -0.39 is 6.16 Å². The third-order valence-corrected chi connectivity index (χ3v) is 3.01. The van der Waals surface area contributed by atoms with Crippen LogP contribution in [0, 0.1) is 0 Å². The molecule has 0 aromatic heterocycles. The average Bonchev–Trinajstić information content (AvgIpc) is 2.47. The normalized spacial score (nSPS) is 13.9. The van der Waals surface area contributed by atoms with Gasteiger partial charge in [-0.3, -0.25) is 0 Å². The molecular weight excluding hydrogens is 276 g/mol. The van der Waals surface area contributed by atoms with Crippen LogP contribution in [0.4, 0.5) is 4.79 Å². The highest BCUT2D eigenvalue weighted by molar-refractivity contribution is 5.56. The van der Waals surface area contributed by atoms with Gasteiger partial charge in [-0.05, 0) is 19.8 Å². The highest BCUT2D eigenvalue weighted by Gasteiger charge is 2.15. The van der Waals surface area contributed by atoms with Crippen LogP contribution >= 0.6 is 0 Å². The Bertz CT molecular complexity index is 246. The molecule has 0 bridgehead atoms. The first-order valence-electron chi connectivity index (χ1n) is 7.80. The van der Waals surface area contributed by atoms with Crippen molar-refractivity contribution < 1.29 is 28.8 Å². The van der Waals surface area contributed by atoms with Crippen molar-refractivity contribution in [2.75, 3.05) is 33.0 Å². The molecule has 0 amide bonds. The van der Waals surface area contributed by atoms with Crippen LogP contribution in [0.5, 0.6) is 0 Å². The first-order valence-corrected chi connectivity index (χ1v) is 7.80. The molecule has 0 aliphatic carbocycles. The van der Waals surface area contributed by atoms with E-state index in [9.17, 15) is 4.79 Å². The van der Waals surface area contributed by atoms with Crippen molar-refractivity contribution in [1.82, 2.24) is 0 Å². The van der Waals surface area contributed by atoms with Gasteiger partial charge in [-0.15, -0.1) is 0 Å². The maximum atomic E-state index is 10.5. The number of carboxylic acid groups (broad SMARTS) is 1. The van der Waals surface area contributed by atoms with Crippen molar-refractivity contribution in [1.29, 1.82) is 0 Å². The molecule has 0 spiro atoms. The molecule has 0 aromatic rings. The minimum absolute atomic E-state index is 0.0216. The van der Waals surface area contributed by atoms with E-state index in [1.807, 2.05) is 13.8 Å². The zero-order chi connectivity index (χ0) is 15.9. The van der Waals surface area contributed by atoms with Crippen LogP contribution in [0.25, 0.3) is 0 Å². The second kappa shape index (κ2) is 14.1. The summed E-state index contributed by atoms with van der Waals surface area (Å²) in [6, 6.07) is 0. The second-order valence-corrected chi connectivity index (χ2v) is 4.77. The van der Waals surface area contributed by atoms with Gasteiger partial charge < -0.3 is 24.1 Å². The van der Waals surface area contributed by atoms with E-state index in [0.29, 0.717) is 26.2 Å². The van der Waals surface area contributed by atoms with Gasteiger partial charge >= 0.3 is 6.16 Å². The fraction of sp³-hybridized carbons (Fsp3) is 0.933. The zero-order valence-electron chi connectivity index (χ0n) is 13.5. The molecule has 21 heavy (non-hydrogen) atoms. The number of ether oxygens (including phenoxy) is 4. The van der Waals surface area contributed by atoms with Crippen LogP contribution < -0.4 is 0 Å². The molecule has 6 heteroatoms. The van der Waals surface area contributed by atoms with E-state index in [0.717, 1.165) is 25.9 Å². The lowest BCUT2D eigenvalue weighted by Crippen LogP contribution is -2.29. The molecule has 0 fully saturated rings. The lowest BCUT2D eigenvalue weighted by molar-refractivity contribution is -0.0722. The molecule has 0 rings (SSSR count).